The number of rotatable bonds is 7. The van der Waals surface area contributed by atoms with Gasteiger partial charge in [-0.05, 0) is 24.8 Å². The van der Waals surface area contributed by atoms with Crippen molar-refractivity contribution < 1.29 is 4.79 Å². The smallest absolute Gasteiger partial charge is 0.220 e. The highest BCUT2D eigenvalue weighted by molar-refractivity contribution is 7.13. The lowest BCUT2D eigenvalue weighted by Gasteiger charge is -2.35. The number of hydrogen-bond acceptors (Lipinski definition) is 4. The monoisotopic (exact) mass is 357 g/mol. The Balaban J connectivity index is 1.46. The van der Waals surface area contributed by atoms with Crippen molar-refractivity contribution in [3.63, 3.8) is 0 Å². The van der Waals surface area contributed by atoms with Gasteiger partial charge in [0, 0.05) is 30.3 Å². The molecule has 0 bridgehead atoms. The van der Waals surface area contributed by atoms with Crippen molar-refractivity contribution in [3.8, 4) is 10.6 Å². The van der Waals surface area contributed by atoms with Crippen molar-refractivity contribution in [3.05, 3.63) is 41.4 Å². The predicted molar refractivity (Wildman–Crippen MR) is 103 cm³/mol. The Hall–Kier alpha value is -1.72. The molecule has 1 aromatic heterocycles. The molecule has 0 atom stereocenters. The molecule has 0 spiro atoms. The van der Waals surface area contributed by atoms with E-state index < -0.39 is 0 Å². The molecule has 1 fully saturated rings. The highest BCUT2D eigenvalue weighted by Crippen LogP contribution is 2.38. The molecule has 1 aliphatic rings. The molecule has 0 radical (unpaired) electrons. The Morgan fingerprint density at radius 3 is 2.68 bits per heavy atom. The summed E-state index contributed by atoms with van der Waals surface area (Å²) in [6.07, 6.45) is 7.18. The zero-order valence-corrected chi connectivity index (χ0v) is 15.5. The minimum Gasteiger partial charge on any atom is -0.356 e. The Labute approximate surface area is 153 Å². The van der Waals surface area contributed by atoms with Crippen LogP contribution < -0.4 is 11.1 Å². The number of thiazole rings is 1. The SMILES string of the molecule is NCC1(CC(=O)NCCc2csc(-c3ccccc3)n2)CCCCC1. The van der Waals surface area contributed by atoms with Crippen LogP contribution in [0.5, 0.6) is 0 Å². The van der Waals surface area contributed by atoms with E-state index in [9.17, 15) is 4.79 Å². The van der Waals surface area contributed by atoms with Crippen LogP contribution in [0.4, 0.5) is 0 Å². The van der Waals surface area contributed by atoms with E-state index in [2.05, 4.69) is 27.8 Å². The number of amides is 1. The summed E-state index contributed by atoms with van der Waals surface area (Å²) in [7, 11) is 0. The van der Waals surface area contributed by atoms with Crippen molar-refractivity contribution >= 4 is 17.2 Å². The Kier molecular flexibility index (Phi) is 6.21. The molecule has 0 saturated heterocycles. The second-order valence-electron chi connectivity index (χ2n) is 7.05. The number of benzene rings is 1. The van der Waals surface area contributed by atoms with E-state index in [0.717, 1.165) is 35.5 Å². The van der Waals surface area contributed by atoms with Crippen LogP contribution in [0.15, 0.2) is 35.7 Å². The van der Waals surface area contributed by atoms with Crippen molar-refractivity contribution in [1.29, 1.82) is 0 Å². The lowest BCUT2D eigenvalue weighted by molar-refractivity contribution is -0.123. The van der Waals surface area contributed by atoms with Crippen LogP contribution in [0.2, 0.25) is 0 Å². The molecule has 1 amide bonds. The van der Waals surface area contributed by atoms with E-state index in [1.54, 1.807) is 11.3 Å². The van der Waals surface area contributed by atoms with Crippen LogP contribution in [-0.2, 0) is 11.2 Å². The molecule has 134 valence electrons. The van der Waals surface area contributed by atoms with Crippen LogP contribution in [0.25, 0.3) is 10.6 Å². The van der Waals surface area contributed by atoms with Crippen molar-refractivity contribution in [1.82, 2.24) is 10.3 Å². The molecule has 5 heteroatoms. The second kappa shape index (κ2) is 8.59. The van der Waals surface area contributed by atoms with E-state index in [4.69, 9.17) is 5.73 Å². The first-order valence-electron chi connectivity index (χ1n) is 9.17. The fourth-order valence-electron chi connectivity index (χ4n) is 3.62. The van der Waals surface area contributed by atoms with Gasteiger partial charge in [0.25, 0.3) is 0 Å². The molecule has 4 nitrogen and oxygen atoms in total. The largest absolute Gasteiger partial charge is 0.356 e. The normalized spacial score (nSPS) is 16.5. The first-order chi connectivity index (χ1) is 12.2. The third-order valence-corrected chi connectivity index (χ3v) is 6.10. The molecule has 1 aromatic carbocycles. The summed E-state index contributed by atoms with van der Waals surface area (Å²) in [6, 6.07) is 10.2. The average Bonchev–Trinajstić information content (AvgIpc) is 3.12. The van der Waals surface area contributed by atoms with Gasteiger partial charge in [-0.1, -0.05) is 49.6 Å². The lowest BCUT2D eigenvalue weighted by Crippen LogP contribution is -2.39. The maximum atomic E-state index is 12.3. The maximum Gasteiger partial charge on any atom is 0.220 e. The van der Waals surface area contributed by atoms with E-state index in [-0.39, 0.29) is 11.3 Å². The van der Waals surface area contributed by atoms with Gasteiger partial charge in [0.15, 0.2) is 0 Å². The number of nitrogens with two attached hydrogens (primary N) is 1. The lowest BCUT2D eigenvalue weighted by atomic mass is 9.71. The minimum absolute atomic E-state index is 0.0312. The minimum atomic E-state index is 0.0312. The first kappa shape index (κ1) is 18.1. The molecular formula is C20H27N3OS. The molecule has 1 aliphatic carbocycles. The van der Waals surface area contributed by atoms with Crippen LogP contribution in [0.1, 0.15) is 44.2 Å². The third kappa shape index (κ3) is 4.89. The van der Waals surface area contributed by atoms with Crippen LogP contribution in [0, 0.1) is 5.41 Å². The summed E-state index contributed by atoms with van der Waals surface area (Å²) >= 11 is 1.65. The average molecular weight is 358 g/mol. The van der Waals surface area contributed by atoms with Gasteiger partial charge >= 0.3 is 0 Å². The van der Waals surface area contributed by atoms with Gasteiger partial charge in [-0.15, -0.1) is 11.3 Å². The van der Waals surface area contributed by atoms with Gasteiger partial charge in [0.2, 0.25) is 5.91 Å². The number of hydrogen-bond donors (Lipinski definition) is 2. The van der Waals surface area contributed by atoms with Crippen LogP contribution in [0.3, 0.4) is 0 Å². The number of carbonyl (C=O) groups is 1. The van der Waals surface area contributed by atoms with E-state index in [1.807, 2.05) is 18.2 Å². The fourth-order valence-corrected chi connectivity index (χ4v) is 4.48. The first-order valence-corrected chi connectivity index (χ1v) is 10.1. The van der Waals surface area contributed by atoms with Crippen LogP contribution in [-0.4, -0.2) is 24.0 Å². The molecule has 0 unspecified atom stereocenters. The van der Waals surface area contributed by atoms with Gasteiger partial charge < -0.3 is 11.1 Å². The van der Waals surface area contributed by atoms with Gasteiger partial charge in [-0.3, -0.25) is 4.79 Å². The summed E-state index contributed by atoms with van der Waals surface area (Å²) in [4.78, 5) is 17.0. The third-order valence-electron chi connectivity index (χ3n) is 5.16. The van der Waals surface area contributed by atoms with Crippen molar-refractivity contribution in [2.24, 2.45) is 11.1 Å². The zero-order chi connectivity index (χ0) is 17.5. The summed E-state index contributed by atoms with van der Waals surface area (Å²) in [5, 5.41) is 6.17. The maximum absolute atomic E-state index is 12.3. The number of aromatic nitrogens is 1. The van der Waals surface area contributed by atoms with Crippen molar-refractivity contribution in [2.75, 3.05) is 13.1 Å². The Morgan fingerprint density at radius 1 is 1.20 bits per heavy atom. The predicted octanol–water partition coefficient (Wildman–Crippen LogP) is 3.77. The second-order valence-corrected chi connectivity index (χ2v) is 7.91. The van der Waals surface area contributed by atoms with Gasteiger partial charge in [0.05, 0.1) is 5.69 Å². The molecule has 3 rings (SSSR count). The van der Waals surface area contributed by atoms with Gasteiger partial charge in [0.1, 0.15) is 5.01 Å². The Morgan fingerprint density at radius 2 is 1.96 bits per heavy atom. The molecule has 1 saturated carbocycles. The Bertz CT molecular complexity index is 677. The number of nitrogens with one attached hydrogen (secondary N) is 1. The summed E-state index contributed by atoms with van der Waals surface area (Å²) in [5.41, 5.74) is 8.19. The highest BCUT2D eigenvalue weighted by atomic mass is 32.1. The standard InChI is InChI=1S/C20H27N3OS/c21-15-20(10-5-2-6-11-20)13-18(24)22-12-9-17-14-25-19(23-17)16-7-3-1-4-8-16/h1,3-4,7-8,14H,2,5-6,9-13,15,21H2,(H,22,24). The molecule has 0 aliphatic heterocycles. The summed E-state index contributed by atoms with van der Waals surface area (Å²) in [6.45, 7) is 1.25. The van der Waals surface area contributed by atoms with E-state index >= 15 is 0 Å². The van der Waals surface area contributed by atoms with Crippen LogP contribution >= 0.6 is 11.3 Å². The quantitative estimate of drug-likeness (QED) is 0.792. The molecule has 1 heterocycles. The summed E-state index contributed by atoms with van der Waals surface area (Å²) in [5.74, 6) is 0.130. The molecular weight excluding hydrogens is 330 g/mol. The van der Waals surface area contributed by atoms with Crippen molar-refractivity contribution in [2.45, 2.75) is 44.9 Å². The van der Waals surface area contributed by atoms with E-state index in [0.29, 0.717) is 19.5 Å². The van der Waals surface area contributed by atoms with Gasteiger partial charge in [-0.2, -0.15) is 0 Å². The van der Waals surface area contributed by atoms with Gasteiger partial charge in [-0.25, -0.2) is 4.98 Å². The zero-order valence-electron chi connectivity index (χ0n) is 14.7. The highest BCUT2D eigenvalue weighted by Gasteiger charge is 2.32. The molecule has 25 heavy (non-hydrogen) atoms. The fraction of sp³-hybridized carbons (Fsp3) is 0.500. The topological polar surface area (TPSA) is 68.0 Å². The molecule has 3 N–H and O–H groups in total. The van der Waals surface area contributed by atoms with E-state index in [1.165, 1.54) is 19.3 Å². The molecule has 2 aromatic rings. The number of nitrogens with zero attached hydrogens (tertiary/aromatic N) is 1. The number of carbonyl (C=O) groups excluding carboxylic acids is 1. The summed E-state index contributed by atoms with van der Waals surface area (Å²) < 4.78 is 0.